The van der Waals surface area contributed by atoms with Crippen LogP contribution in [-0.4, -0.2) is 49.0 Å². The van der Waals surface area contributed by atoms with Gasteiger partial charge in [0, 0.05) is 37.9 Å². The molecular formula is C19H23N7O. The molecule has 2 N–H and O–H groups in total. The molecule has 27 heavy (non-hydrogen) atoms. The maximum Gasteiger partial charge on any atom is 0.317 e. The van der Waals surface area contributed by atoms with Gasteiger partial charge in [-0.15, -0.1) is 0 Å². The predicted molar refractivity (Wildman–Crippen MR) is 100 cm³/mol. The zero-order valence-electron chi connectivity index (χ0n) is 15.3. The Morgan fingerprint density at radius 3 is 3.07 bits per heavy atom. The molecule has 0 aliphatic carbocycles. The van der Waals surface area contributed by atoms with Crippen molar-refractivity contribution < 1.29 is 4.79 Å². The SMILES string of the molecule is Cc1nc(C2CCCN(C(=O)NCc3cccc(-n4cccn4)c3)C2)n[nH]1. The number of hydrogen-bond acceptors (Lipinski definition) is 4. The third kappa shape index (κ3) is 3.99. The first-order chi connectivity index (χ1) is 13.2. The number of nitrogens with one attached hydrogen (secondary N) is 2. The predicted octanol–water partition coefficient (Wildman–Crippen LogP) is 2.39. The quantitative estimate of drug-likeness (QED) is 0.743. The van der Waals surface area contributed by atoms with Crippen molar-refractivity contribution in [3.8, 4) is 5.69 Å². The second kappa shape index (κ2) is 7.61. The van der Waals surface area contributed by atoms with Crippen molar-refractivity contribution in [1.82, 2.24) is 35.2 Å². The third-order valence-electron chi connectivity index (χ3n) is 4.81. The first kappa shape index (κ1) is 17.3. The molecule has 1 fully saturated rings. The molecule has 8 heteroatoms. The highest BCUT2D eigenvalue weighted by Crippen LogP contribution is 2.24. The normalized spacial score (nSPS) is 17.1. The molecule has 1 aliphatic rings. The van der Waals surface area contributed by atoms with E-state index in [9.17, 15) is 4.79 Å². The van der Waals surface area contributed by atoms with Crippen LogP contribution in [0.2, 0.25) is 0 Å². The molecule has 2 amide bonds. The van der Waals surface area contributed by atoms with Gasteiger partial charge in [-0.3, -0.25) is 5.10 Å². The summed E-state index contributed by atoms with van der Waals surface area (Å²) >= 11 is 0. The summed E-state index contributed by atoms with van der Waals surface area (Å²) in [6, 6.07) is 9.84. The number of hydrogen-bond donors (Lipinski definition) is 2. The van der Waals surface area contributed by atoms with Gasteiger partial charge < -0.3 is 10.2 Å². The summed E-state index contributed by atoms with van der Waals surface area (Å²) in [4.78, 5) is 18.9. The Balaban J connectivity index is 1.36. The Morgan fingerprint density at radius 2 is 2.30 bits per heavy atom. The van der Waals surface area contributed by atoms with Crippen molar-refractivity contribution in [2.45, 2.75) is 32.2 Å². The van der Waals surface area contributed by atoms with Crippen molar-refractivity contribution in [1.29, 1.82) is 0 Å². The van der Waals surface area contributed by atoms with Gasteiger partial charge in [0.1, 0.15) is 5.82 Å². The fraction of sp³-hybridized carbons (Fsp3) is 0.368. The van der Waals surface area contributed by atoms with Gasteiger partial charge in [0.2, 0.25) is 0 Å². The standard InChI is InChI=1S/C19H23N7O/c1-14-22-18(24-23-14)16-6-3-9-25(13-16)19(27)20-12-15-5-2-7-17(11-15)26-10-4-8-21-26/h2,4-5,7-8,10-11,16H,3,6,9,12-13H2,1H3,(H,20,27)(H,22,23,24). The number of carbonyl (C=O) groups excluding carboxylic acids is 1. The lowest BCUT2D eigenvalue weighted by molar-refractivity contribution is 0.178. The van der Waals surface area contributed by atoms with Crippen molar-refractivity contribution in [2.24, 2.45) is 0 Å². The van der Waals surface area contributed by atoms with E-state index in [0.29, 0.717) is 13.1 Å². The molecule has 2 aromatic heterocycles. The van der Waals surface area contributed by atoms with Gasteiger partial charge in [0.25, 0.3) is 0 Å². The van der Waals surface area contributed by atoms with Gasteiger partial charge >= 0.3 is 6.03 Å². The Bertz CT molecular complexity index is 902. The van der Waals surface area contributed by atoms with Gasteiger partial charge in [-0.2, -0.15) is 10.2 Å². The van der Waals surface area contributed by atoms with Crippen molar-refractivity contribution in [2.75, 3.05) is 13.1 Å². The summed E-state index contributed by atoms with van der Waals surface area (Å²) in [5.41, 5.74) is 2.01. The molecule has 1 unspecified atom stereocenters. The number of likely N-dealkylation sites (tertiary alicyclic amines) is 1. The minimum absolute atomic E-state index is 0.0450. The second-order valence-electron chi connectivity index (χ2n) is 6.84. The lowest BCUT2D eigenvalue weighted by Crippen LogP contribution is -2.44. The molecule has 3 aromatic rings. The zero-order valence-corrected chi connectivity index (χ0v) is 15.3. The van der Waals surface area contributed by atoms with Gasteiger partial charge in [0.15, 0.2) is 5.82 Å². The number of piperidine rings is 1. The highest BCUT2D eigenvalue weighted by molar-refractivity contribution is 5.74. The molecule has 4 rings (SSSR count). The number of nitrogens with zero attached hydrogens (tertiary/aromatic N) is 5. The average Bonchev–Trinajstić information content (AvgIpc) is 3.38. The molecule has 3 heterocycles. The van der Waals surface area contributed by atoms with Crippen LogP contribution in [0.15, 0.2) is 42.7 Å². The van der Waals surface area contributed by atoms with Gasteiger partial charge in [-0.1, -0.05) is 12.1 Å². The van der Waals surface area contributed by atoms with E-state index in [4.69, 9.17) is 0 Å². The Hall–Kier alpha value is -3.16. The minimum atomic E-state index is -0.0450. The van der Waals surface area contributed by atoms with Crippen LogP contribution in [0.3, 0.4) is 0 Å². The zero-order chi connectivity index (χ0) is 18.6. The molecule has 1 atom stereocenters. The van der Waals surface area contributed by atoms with Crippen LogP contribution in [-0.2, 0) is 6.54 Å². The van der Waals surface area contributed by atoms with E-state index in [1.165, 1.54) is 0 Å². The molecule has 1 saturated heterocycles. The fourth-order valence-electron chi connectivity index (χ4n) is 3.43. The lowest BCUT2D eigenvalue weighted by Gasteiger charge is -2.31. The second-order valence-corrected chi connectivity index (χ2v) is 6.84. The van der Waals surface area contributed by atoms with Crippen LogP contribution < -0.4 is 5.32 Å². The molecule has 1 aromatic carbocycles. The maximum atomic E-state index is 12.6. The first-order valence-electron chi connectivity index (χ1n) is 9.19. The van der Waals surface area contributed by atoms with Gasteiger partial charge in [0.05, 0.1) is 5.69 Å². The van der Waals surface area contributed by atoms with E-state index in [2.05, 4.69) is 25.6 Å². The number of urea groups is 1. The number of benzene rings is 1. The lowest BCUT2D eigenvalue weighted by atomic mass is 9.98. The largest absolute Gasteiger partial charge is 0.334 e. The van der Waals surface area contributed by atoms with E-state index >= 15 is 0 Å². The minimum Gasteiger partial charge on any atom is -0.334 e. The summed E-state index contributed by atoms with van der Waals surface area (Å²) < 4.78 is 1.80. The van der Waals surface area contributed by atoms with Crippen LogP contribution in [0.1, 0.15) is 36.0 Å². The summed E-state index contributed by atoms with van der Waals surface area (Å²) in [7, 11) is 0. The number of amides is 2. The summed E-state index contributed by atoms with van der Waals surface area (Å²) in [5, 5.41) is 14.4. The molecule has 1 aliphatic heterocycles. The molecule has 0 saturated carbocycles. The van der Waals surface area contributed by atoms with Crippen LogP contribution in [0.25, 0.3) is 5.69 Å². The monoisotopic (exact) mass is 365 g/mol. The molecular weight excluding hydrogens is 342 g/mol. The number of aromatic amines is 1. The highest BCUT2D eigenvalue weighted by Gasteiger charge is 2.27. The smallest absolute Gasteiger partial charge is 0.317 e. The van der Waals surface area contributed by atoms with E-state index in [1.807, 2.05) is 48.4 Å². The number of rotatable bonds is 4. The van der Waals surface area contributed by atoms with Gasteiger partial charge in [-0.05, 0) is 43.5 Å². The average molecular weight is 365 g/mol. The van der Waals surface area contributed by atoms with Crippen LogP contribution in [0, 0.1) is 6.92 Å². The Morgan fingerprint density at radius 1 is 1.37 bits per heavy atom. The topological polar surface area (TPSA) is 91.7 Å². The summed E-state index contributed by atoms with van der Waals surface area (Å²) in [5.74, 6) is 1.80. The van der Waals surface area contributed by atoms with Crippen molar-refractivity contribution >= 4 is 6.03 Å². The van der Waals surface area contributed by atoms with E-state index in [0.717, 1.165) is 42.3 Å². The van der Waals surface area contributed by atoms with Crippen molar-refractivity contribution in [3.05, 3.63) is 59.9 Å². The van der Waals surface area contributed by atoms with Gasteiger partial charge in [-0.25, -0.2) is 14.5 Å². The third-order valence-corrected chi connectivity index (χ3v) is 4.81. The van der Waals surface area contributed by atoms with Crippen LogP contribution >= 0.6 is 0 Å². The maximum absolute atomic E-state index is 12.6. The molecule has 0 spiro atoms. The fourth-order valence-corrected chi connectivity index (χ4v) is 3.43. The molecule has 140 valence electrons. The highest BCUT2D eigenvalue weighted by atomic mass is 16.2. The molecule has 0 radical (unpaired) electrons. The Kier molecular flexibility index (Phi) is 4.86. The molecule has 0 bridgehead atoms. The number of aryl methyl sites for hydroxylation is 1. The van der Waals surface area contributed by atoms with E-state index < -0.39 is 0 Å². The van der Waals surface area contributed by atoms with Crippen LogP contribution in [0.5, 0.6) is 0 Å². The van der Waals surface area contributed by atoms with Crippen LogP contribution in [0.4, 0.5) is 4.79 Å². The number of carbonyl (C=O) groups is 1. The number of aromatic nitrogens is 5. The van der Waals surface area contributed by atoms with E-state index in [-0.39, 0.29) is 11.9 Å². The molecule has 8 nitrogen and oxygen atoms in total. The summed E-state index contributed by atoms with van der Waals surface area (Å²) in [6.07, 6.45) is 5.61. The summed E-state index contributed by atoms with van der Waals surface area (Å²) in [6.45, 7) is 3.78. The Labute approximate surface area is 157 Å². The van der Waals surface area contributed by atoms with E-state index in [1.54, 1.807) is 10.9 Å². The first-order valence-corrected chi connectivity index (χ1v) is 9.19. The number of H-pyrrole nitrogens is 1. The van der Waals surface area contributed by atoms with Crippen molar-refractivity contribution in [3.63, 3.8) is 0 Å².